The average Bonchev–Trinajstić information content (AvgIpc) is 2.16. The van der Waals surface area contributed by atoms with Gasteiger partial charge in [0.25, 0.3) is 0 Å². The van der Waals surface area contributed by atoms with E-state index in [1.165, 1.54) is 16.7 Å². The standard InChI is InChI=1S/C13H19Cl2N/c1-11-7-12(2)9-13(8-11)10-16(5-3-14)6-4-15/h7-9H,3-6,10H2,1-2H3. The molecule has 16 heavy (non-hydrogen) atoms. The second-order valence-corrected chi connectivity index (χ2v) is 4.91. The molecule has 0 amide bonds. The van der Waals surface area contributed by atoms with Crippen molar-refractivity contribution in [1.29, 1.82) is 0 Å². The number of halogens is 2. The Bertz CT molecular complexity index is 299. The van der Waals surface area contributed by atoms with Gasteiger partial charge in [0, 0.05) is 31.4 Å². The maximum absolute atomic E-state index is 5.78. The first-order valence-electron chi connectivity index (χ1n) is 5.57. The summed E-state index contributed by atoms with van der Waals surface area (Å²) in [5.41, 5.74) is 3.96. The average molecular weight is 260 g/mol. The minimum absolute atomic E-state index is 0.654. The van der Waals surface area contributed by atoms with Crippen molar-refractivity contribution in [2.24, 2.45) is 0 Å². The fraction of sp³-hybridized carbons (Fsp3) is 0.538. The van der Waals surface area contributed by atoms with Crippen molar-refractivity contribution in [1.82, 2.24) is 4.90 Å². The van der Waals surface area contributed by atoms with Crippen molar-refractivity contribution in [2.45, 2.75) is 20.4 Å². The van der Waals surface area contributed by atoms with Crippen LogP contribution in [0.4, 0.5) is 0 Å². The van der Waals surface area contributed by atoms with Crippen LogP contribution < -0.4 is 0 Å². The SMILES string of the molecule is Cc1cc(C)cc(CN(CCCl)CCCl)c1. The smallest absolute Gasteiger partial charge is 0.0351 e. The molecule has 1 rings (SSSR count). The van der Waals surface area contributed by atoms with E-state index in [1.807, 2.05) is 0 Å². The van der Waals surface area contributed by atoms with Crippen LogP contribution in [0.3, 0.4) is 0 Å². The molecule has 0 heterocycles. The maximum atomic E-state index is 5.78. The molecule has 0 saturated heterocycles. The first-order chi connectivity index (χ1) is 7.65. The van der Waals surface area contributed by atoms with Crippen molar-refractivity contribution in [2.75, 3.05) is 24.8 Å². The third-order valence-corrected chi connectivity index (χ3v) is 2.83. The molecule has 0 aromatic heterocycles. The minimum Gasteiger partial charge on any atom is -0.297 e. The van der Waals surface area contributed by atoms with E-state index in [-0.39, 0.29) is 0 Å². The zero-order chi connectivity index (χ0) is 12.0. The zero-order valence-electron chi connectivity index (χ0n) is 9.97. The molecule has 0 aliphatic heterocycles. The molecule has 0 unspecified atom stereocenters. The Hall–Kier alpha value is -0.240. The van der Waals surface area contributed by atoms with Crippen LogP contribution in [0, 0.1) is 13.8 Å². The summed E-state index contributed by atoms with van der Waals surface area (Å²) in [6.45, 7) is 6.97. The van der Waals surface area contributed by atoms with Crippen LogP contribution in [0.25, 0.3) is 0 Å². The Morgan fingerprint density at radius 3 is 1.88 bits per heavy atom. The van der Waals surface area contributed by atoms with Crippen molar-refractivity contribution in [3.05, 3.63) is 34.9 Å². The van der Waals surface area contributed by atoms with Gasteiger partial charge in [0.15, 0.2) is 0 Å². The molecule has 0 aliphatic rings. The normalized spacial score (nSPS) is 11.1. The van der Waals surface area contributed by atoms with Gasteiger partial charge in [0.1, 0.15) is 0 Å². The van der Waals surface area contributed by atoms with E-state index < -0.39 is 0 Å². The molecular weight excluding hydrogens is 241 g/mol. The van der Waals surface area contributed by atoms with Crippen LogP contribution in [-0.4, -0.2) is 29.7 Å². The fourth-order valence-electron chi connectivity index (χ4n) is 1.93. The van der Waals surface area contributed by atoms with Gasteiger partial charge in [-0.3, -0.25) is 4.90 Å². The molecule has 1 aromatic rings. The van der Waals surface area contributed by atoms with E-state index in [1.54, 1.807) is 0 Å². The summed E-state index contributed by atoms with van der Waals surface area (Å²) < 4.78 is 0. The summed E-state index contributed by atoms with van der Waals surface area (Å²) >= 11 is 11.6. The molecule has 0 fully saturated rings. The second kappa shape index (κ2) is 7.16. The van der Waals surface area contributed by atoms with E-state index in [9.17, 15) is 0 Å². The predicted molar refractivity (Wildman–Crippen MR) is 72.6 cm³/mol. The summed E-state index contributed by atoms with van der Waals surface area (Å²) in [5, 5.41) is 0. The summed E-state index contributed by atoms with van der Waals surface area (Å²) in [7, 11) is 0. The molecule has 1 nitrogen and oxygen atoms in total. The van der Waals surface area contributed by atoms with Crippen LogP contribution in [-0.2, 0) is 6.54 Å². The number of alkyl halides is 2. The summed E-state index contributed by atoms with van der Waals surface area (Å²) in [4.78, 5) is 2.29. The number of hydrogen-bond acceptors (Lipinski definition) is 1. The van der Waals surface area contributed by atoms with Gasteiger partial charge >= 0.3 is 0 Å². The van der Waals surface area contributed by atoms with Gasteiger partial charge in [-0.05, 0) is 19.4 Å². The maximum Gasteiger partial charge on any atom is 0.0351 e. The van der Waals surface area contributed by atoms with Crippen LogP contribution >= 0.6 is 23.2 Å². The molecule has 0 radical (unpaired) electrons. The Kier molecular flexibility index (Phi) is 6.18. The van der Waals surface area contributed by atoms with Crippen LogP contribution in [0.1, 0.15) is 16.7 Å². The largest absolute Gasteiger partial charge is 0.297 e. The highest BCUT2D eigenvalue weighted by Gasteiger charge is 2.05. The number of rotatable bonds is 6. The Morgan fingerprint density at radius 2 is 1.44 bits per heavy atom. The van der Waals surface area contributed by atoms with Crippen LogP contribution in [0.5, 0.6) is 0 Å². The Morgan fingerprint density at radius 1 is 0.938 bits per heavy atom. The lowest BCUT2D eigenvalue weighted by Gasteiger charge is -2.20. The first kappa shape index (κ1) is 13.8. The number of aryl methyl sites for hydroxylation is 2. The number of benzene rings is 1. The van der Waals surface area contributed by atoms with E-state index in [0.29, 0.717) is 11.8 Å². The second-order valence-electron chi connectivity index (χ2n) is 4.15. The topological polar surface area (TPSA) is 3.24 Å². The van der Waals surface area contributed by atoms with E-state index in [4.69, 9.17) is 23.2 Å². The Balaban J connectivity index is 2.68. The molecule has 0 bridgehead atoms. The van der Waals surface area contributed by atoms with E-state index in [2.05, 4.69) is 36.9 Å². The Labute approximate surface area is 108 Å². The van der Waals surface area contributed by atoms with Crippen molar-refractivity contribution >= 4 is 23.2 Å². The molecule has 0 N–H and O–H groups in total. The molecule has 90 valence electrons. The summed E-state index contributed by atoms with van der Waals surface area (Å²) in [6.07, 6.45) is 0. The lowest BCUT2D eigenvalue weighted by Crippen LogP contribution is -2.27. The molecule has 0 aliphatic carbocycles. The van der Waals surface area contributed by atoms with Crippen molar-refractivity contribution < 1.29 is 0 Å². The van der Waals surface area contributed by atoms with Crippen LogP contribution in [0.2, 0.25) is 0 Å². The van der Waals surface area contributed by atoms with Gasteiger partial charge in [-0.2, -0.15) is 0 Å². The molecule has 0 spiro atoms. The highest BCUT2D eigenvalue weighted by molar-refractivity contribution is 6.18. The summed E-state index contributed by atoms with van der Waals surface area (Å²) in [6, 6.07) is 6.64. The van der Waals surface area contributed by atoms with E-state index >= 15 is 0 Å². The van der Waals surface area contributed by atoms with Crippen molar-refractivity contribution in [3.8, 4) is 0 Å². The quantitative estimate of drug-likeness (QED) is 0.706. The van der Waals surface area contributed by atoms with Crippen LogP contribution in [0.15, 0.2) is 18.2 Å². The third kappa shape index (κ3) is 4.73. The van der Waals surface area contributed by atoms with Gasteiger partial charge in [0.05, 0.1) is 0 Å². The zero-order valence-corrected chi connectivity index (χ0v) is 11.5. The van der Waals surface area contributed by atoms with Gasteiger partial charge in [-0.25, -0.2) is 0 Å². The molecule has 0 atom stereocenters. The number of hydrogen-bond donors (Lipinski definition) is 0. The minimum atomic E-state index is 0.654. The molecular formula is C13H19Cl2N. The molecule has 3 heteroatoms. The third-order valence-electron chi connectivity index (χ3n) is 2.49. The van der Waals surface area contributed by atoms with Gasteiger partial charge in [-0.1, -0.05) is 29.3 Å². The number of nitrogens with zero attached hydrogens (tertiary/aromatic N) is 1. The van der Waals surface area contributed by atoms with Gasteiger partial charge < -0.3 is 0 Å². The van der Waals surface area contributed by atoms with E-state index in [0.717, 1.165) is 19.6 Å². The van der Waals surface area contributed by atoms with Gasteiger partial charge in [0.2, 0.25) is 0 Å². The highest BCUT2D eigenvalue weighted by atomic mass is 35.5. The monoisotopic (exact) mass is 259 g/mol. The summed E-state index contributed by atoms with van der Waals surface area (Å²) in [5.74, 6) is 1.31. The van der Waals surface area contributed by atoms with Gasteiger partial charge in [-0.15, -0.1) is 23.2 Å². The predicted octanol–water partition coefficient (Wildman–Crippen LogP) is 3.58. The molecule has 0 saturated carbocycles. The lowest BCUT2D eigenvalue weighted by atomic mass is 10.1. The highest BCUT2D eigenvalue weighted by Crippen LogP contribution is 2.11. The van der Waals surface area contributed by atoms with Crippen molar-refractivity contribution in [3.63, 3.8) is 0 Å². The lowest BCUT2D eigenvalue weighted by molar-refractivity contribution is 0.299. The molecule has 1 aromatic carbocycles. The fourth-order valence-corrected chi connectivity index (χ4v) is 2.41. The first-order valence-corrected chi connectivity index (χ1v) is 6.64.